The number of imide groups is 1. The predicted octanol–water partition coefficient (Wildman–Crippen LogP) is 1.12. The number of hydrogen-bond donors (Lipinski definition) is 2. The number of nitrogens with zero attached hydrogens (tertiary/aromatic N) is 1. The quantitative estimate of drug-likeness (QED) is 0.575. The van der Waals surface area contributed by atoms with Crippen molar-refractivity contribution in [3.05, 3.63) is 29.1 Å². The van der Waals surface area contributed by atoms with Crippen molar-refractivity contribution in [2.24, 2.45) is 0 Å². The molecule has 0 aliphatic heterocycles. The van der Waals surface area contributed by atoms with Gasteiger partial charge in [-0.05, 0) is 31.0 Å². The molecule has 0 spiro atoms. The first-order chi connectivity index (χ1) is 10.9. The molecule has 0 bridgehead atoms. The minimum absolute atomic E-state index is 0.00161. The van der Waals surface area contributed by atoms with Crippen LogP contribution in [0.1, 0.15) is 28.8 Å². The van der Waals surface area contributed by atoms with Crippen LogP contribution in [0.2, 0.25) is 0 Å². The Bertz CT molecular complexity index is 636. The Balaban J connectivity index is 3.23. The first kappa shape index (κ1) is 18.8. The Morgan fingerprint density at radius 2 is 2.04 bits per heavy atom. The van der Waals surface area contributed by atoms with E-state index in [2.05, 4.69) is 17.9 Å². The van der Waals surface area contributed by atoms with Crippen LogP contribution in [0.25, 0.3) is 0 Å². The van der Waals surface area contributed by atoms with Gasteiger partial charge in [0.1, 0.15) is 18.1 Å². The number of amides is 3. The topological polar surface area (TPSA) is 83.6 Å². The number of carbonyl (C=O) groups is 4. The molecule has 1 unspecified atom stereocenters. The SMILES string of the molecule is CNC(=O)C(CCC=O)N(C=O)C(=O)c1cc(S)c(F)cc1C. The summed E-state index contributed by atoms with van der Waals surface area (Å²) in [6.07, 6.45) is 0.837. The number of hydrogen-bond acceptors (Lipinski definition) is 5. The number of nitrogens with one attached hydrogen (secondary N) is 1. The van der Waals surface area contributed by atoms with E-state index in [0.717, 1.165) is 6.07 Å². The van der Waals surface area contributed by atoms with Crippen LogP contribution >= 0.6 is 12.6 Å². The van der Waals surface area contributed by atoms with Crippen LogP contribution in [0, 0.1) is 12.7 Å². The molecule has 3 amide bonds. The van der Waals surface area contributed by atoms with Crippen LogP contribution in [0.5, 0.6) is 0 Å². The third-order valence-corrected chi connectivity index (χ3v) is 3.66. The van der Waals surface area contributed by atoms with Gasteiger partial charge in [-0.1, -0.05) is 0 Å². The first-order valence-electron chi connectivity index (χ1n) is 6.79. The zero-order chi connectivity index (χ0) is 17.6. The Morgan fingerprint density at radius 1 is 1.39 bits per heavy atom. The van der Waals surface area contributed by atoms with Gasteiger partial charge in [0, 0.05) is 23.9 Å². The molecule has 8 heteroatoms. The maximum absolute atomic E-state index is 13.4. The van der Waals surface area contributed by atoms with Crippen molar-refractivity contribution in [2.75, 3.05) is 7.05 Å². The summed E-state index contributed by atoms with van der Waals surface area (Å²) in [6, 6.07) is 1.20. The van der Waals surface area contributed by atoms with E-state index in [-0.39, 0.29) is 29.7 Å². The Labute approximate surface area is 138 Å². The molecule has 0 heterocycles. The Hall–Kier alpha value is -2.22. The number of likely N-dealkylation sites (N-methyl/N-ethyl adjacent to an activating group) is 1. The van der Waals surface area contributed by atoms with Gasteiger partial charge < -0.3 is 10.1 Å². The molecule has 0 aliphatic carbocycles. The van der Waals surface area contributed by atoms with Crippen molar-refractivity contribution in [3.8, 4) is 0 Å². The molecule has 23 heavy (non-hydrogen) atoms. The molecule has 1 N–H and O–H groups in total. The highest BCUT2D eigenvalue weighted by atomic mass is 32.1. The van der Waals surface area contributed by atoms with Gasteiger partial charge in [0.15, 0.2) is 0 Å². The maximum Gasteiger partial charge on any atom is 0.261 e. The van der Waals surface area contributed by atoms with Crippen molar-refractivity contribution < 1.29 is 23.6 Å². The molecule has 6 nitrogen and oxygen atoms in total. The van der Waals surface area contributed by atoms with E-state index in [1.165, 1.54) is 20.0 Å². The minimum Gasteiger partial charge on any atom is -0.357 e. The average molecular weight is 340 g/mol. The third kappa shape index (κ3) is 4.38. The fourth-order valence-corrected chi connectivity index (χ4v) is 2.28. The van der Waals surface area contributed by atoms with Gasteiger partial charge in [-0.15, -0.1) is 12.6 Å². The highest BCUT2D eigenvalue weighted by Gasteiger charge is 2.30. The zero-order valence-electron chi connectivity index (χ0n) is 12.7. The van der Waals surface area contributed by atoms with Crippen LogP contribution in [0.4, 0.5) is 4.39 Å². The molecule has 1 aromatic rings. The molecule has 0 saturated carbocycles. The fourth-order valence-electron chi connectivity index (χ4n) is 2.08. The summed E-state index contributed by atoms with van der Waals surface area (Å²) in [4.78, 5) is 47.0. The lowest BCUT2D eigenvalue weighted by atomic mass is 10.0. The molecule has 0 aliphatic rings. The van der Waals surface area contributed by atoms with Gasteiger partial charge in [0.2, 0.25) is 12.3 Å². The molecule has 124 valence electrons. The summed E-state index contributed by atoms with van der Waals surface area (Å²) in [5, 5.41) is 2.35. The number of aldehydes is 1. The largest absolute Gasteiger partial charge is 0.357 e. The summed E-state index contributed by atoms with van der Waals surface area (Å²) in [5.74, 6) is -1.92. The van der Waals surface area contributed by atoms with E-state index in [0.29, 0.717) is 16.7 Å². The summed E-state index contributed by atoms with van der Waals surface area (Å²) in [6.45, 7) is 1.51. The summed E-state index contributed by atoms with van der Waals surface area (Å²) in [7, 11) is 1.36. The number of carbonyl (C=O) groups excluding carboxylic acids is 4. The number of halogens is 1. The molecule has 1 rings (SSSR count). The molecule has 0 fully saturated rings. The molecular formula is C15H17FN2O4S. The monoisotopic (exact) mass is 340 g/mol. The molecule has 0 aromatic heterocycles. The lowest BCUT2D eigenvalue weighted by Crippen LogP contribution is -2.48. The highest BCUT2D eigenvalue weighted by Crippen LogP contribution is 2.21. The molecule has 0 radical (unpaired) electrons. The van der Waals surface area contributed by atoms with Gasteiger partial charge in [-0.3, -0.25) is 19.3 Å². The smallest absolute Gasteiger partial charge is 0.261 e. The third-order valence-electron chi connectivity index (χ3n) is 3.32. The standard InChI is InChI=1S/C15H17FN2O4S/c1-9-6-11(16)13(23)7-10(9)15(22)18(8-20)12(4-3-5-19)14(21)17-2/h5-8,12,23H,3-4H2,1-2H3,(H,17,21). The van der Waals surface area contributed by atoms with E-state index < -0.39 is 23.7 Å². The van der Waals surface area contributed by atoms with E-state index in [1.54, 1.807) is 0 Å². The average Bonchev–Trinajstić information content (AvgIpc) is 2.53. The van der Waals surface area contributed by atoms with E-state index in [9.17, 15) is 23.6 Å². The van der Waals surface area contributed by atoms with Gasteiger partial charge >= 0.3 is 0 Å². The summed E-state index contributed by atoms with van der Waals surface area (Å²) < 4.78 is 13.4. The second-order valence-corrected chi connectivity index (χ2v) is 5.29. The van der Waals surface area contributed by atoms with Gasteiger partial charge in [-0.2, -0.15) is 0 Å². The van der Waals surface area contributed by atoms with E-state index in [4.69, 9.17) is 0 Å². The number of rotatable bonds is 7. The van der Waals surface area contributed by atoms with Crippen LogP contribution in [-0.4, -0.2) is 42.5 Å². The van der Waals surface area contributed by atoms with Gasteiger partial charge in [0.05, 0.1) is 0 Å². The normalized spacial score (nSPS) is 11.5. The number of benzene rings is 1. The number of thiol groups is 1. The number of aryl methyl sites for hydroxylation is 1. The molecule has 0 saturated heterocycles. The van der Waals surface area contributed by atoms with E-state index in [1.807, 2.05) is 0 Å². The highest BCUT2D eigenvalue weighted by molar-refractivity contribution is 7.80. The first-order valence-corrected chi connectivity index (χ1v) is 7.24. The van der Waals surface area contributed by atoms with Gasteiger partial charge in [-0.25, -0.2) is 4.39 Å². The van der Waals surface area contributed by atoms with Crippen molar-refractivity contribution in [1.29, 1.82) is 0 Å². The molecule has 1 aromatic carbocycles. The Kier molecular flexibility index (Phi) is 6.89. The van der Waals surface area contributed by atoms with Crippen LogP contribution in [0.15, 0.2) is 17.0 Å². The van der Waals surface area contributed by atoms with Crippen molar-refractivity contribution >= 4 is 37.1 Å². The van der Waals surface area contributed by atoms with Gasteiger partial charge in [0.25, 0.3) is 5.91 Å². The molecule has 1 atom stereocenters. The lowest BCUT2D eigenvalue weighted by molar-refractivity contribution is -0.131. The Morgan fingerprint density at radius 3 is 2.57 bits per heavy atom. The summed E-state index contributed by atoms with van der Waals surface area (Å²) >= 11 is 3.91. The molecular weight excluding hydrogens is 323 g/mol. The van der Waals surface area contributed by atoms with Crippen LogP contribution in [-0.2, 0) is 14.4 Å². The lowest BCUT2D eigenvalue weighted by Gasteiger charge is -2.25. The second kappa shape index (κ2) is 8.42. The minimum atomic E-state index is -1.12. The maximum atomic E-state index is 13.4. The predicted molar refractivity (Wildman–Crippen MR) is 83.8 cm³/mol. The van der Waals surface area contributed by atoms with E-state index >= 15 is 0 Å². The van der Waals surface area contributed by atoms with Crippen LogP contribution < -0.4 is 5.32 Å². The van der Waals surface area contributed by atoms with Crippen molar-refractivity contribution in [2.45, 2.75) is 30.7 Å². The van der Waals surface area contributed by atoms with Crippen molar-refractivity contribution in [1.82, 2.24) is 10.2 Å². The summed E-state index contributed by atoms with van der Waals surface area (Å²) in [5.41, 5.74) is 0.367. The van der Waals surface area contributed by atoms with Crippen LogP contribution in [0.3, 0.4) is 0 Å². The van der Waals surface area contributed by atoms with Crippen molar-refractivity contribution in [3.63, 3.8) is 0 Å². The second-order valence-electron chi connectivity index (χ2n) is 4.81. The fraction of sp³-hybridized carbons (Fsp3) is 0.333. The zero-order valence-corrected chi connectivity index (χ0v) is 13.6.